The van der Waals surface area contributed by atoms with Crippen molar-refractivity contribution in [2.24, 2.45) is 11.7 Å². The van der Waals surface area contributed by atoms with Crippen molar-refractivity contribution < 1.29 is 9.59 Å². The minimum absolute atomic E-state index is 0.0303. The van der Waals surface area contributed by atoms with Crippen molar-refractivity contribution in [3.8, 4) is 0 Å². The molecule has 0 saturated heterocycles. The van der Waals surface area contributed by atoms with E-state index in [-0.39, 0.29) is 35.1 Å². The monoisotopic (exact) mass is 339 g/mol. The van der Waals surface area contributed by atoms with Gasteiger partial charge in [-0.3, -0.25) is 14.4 Å². The molecular formula is C16H25N3O3S. The van der Waals surface area contributed by atoms with Crippen LogP contribution in [0.1, 0.15) is 49.1 Å². The Morgan fingerprint density at radius 2 is 1.96 bits per heavy atom. The van der Waals surface area contributed by atoms with E-state index in [1.165, 1.54) is 11.3 Å². The average Bonchev–Trinajstić information content (AvgIpc) is 2.67. The van der Waals surface area contributed by atoms with Gasteiger partial charge in [0.05, 0.1) is 5.92 Å². The molecule has 2 amide bonds. The molecule has 0 bridgehead atoms. The van der Waals surface area contributed by atoms with Gasteiger partial charge in [-0.2, -0.15) is 0 Å². The lowest BCUT2D eigenvalue weighted by Gasteiger charge is -2.23. The zero-order valence-corrected chi connectivity index (χ0v) is 14.6. The molecular weight excluding hydrogens is 314 g/mol. The van der Waals surface area contributed by atoms with Gasteiger partial charge in [0.25, 0.3) is 0 Å². The van der Waals surface area contributed by atoms with Crippen LogP contribution in [0.25, 0.3) is 0 Å². The predicted molar refractivity (Wildman–Crippen MR) is 90.4 cm³/mol. The lowest BCUT2D eigenvalue weighted by atomic mass is 9.94. The standard InChI is InChI=1S/C16H25N3O3S/c1-10-11(2)23-16(22)19(10)9-8-14(20)18-13-7-5-3-4-6-12(13)15(17)21/h12-13H,3-9H2,1-2H3,(H2,17,21)(H,18,20). The molecule has 1 fully saturated rings. The summed E-state index contributed by atoms with van der Waals surface area (Å²) >= 11 is 1.20. The highest BCUT2D eigenvalue weighted by atomic mass is 32.1. The van der Waals surface area contributed by atoms with Crippen molar-refractivity contribution in [3.63, 3.8) is 0 Å². The van der Waals surface area contributed by atoms with Crippen LogP contribution in [0.3, 0.4) is 0 Å². The highest BCUT2D eigenvalue weighted by Gasteiger charge is 2.29. The molecule has 0 spiro atoms. The molecule has 6 nitrogen and oxygen atoms in total. The molecule has 2 atom stereocenters. The van der Waals surface area contributed by atoms with Crippen LogP contribution in [0, 0.1) is 19.8 Å². The molecule has 2 unspecified atom stereocenters. The van der Waals surface area contributed by atoms with Crippen LogP contribution in [0.4, 0.5) is 0 Å². The Kier molecular flexibility index (Phi) is 5.98. The van der Waals surface area contributed by atoms with Crippen molar-refractivity contribution in [2.45, 2.75) is 65.0 Å². The van der Waals surface area contributed by atoms with Gasteiger partial charge in [0, 0.05) is 29.6 Å². The number of amides is 2. The Morgan fingerprint density at radius 1 is 1.26 bits per heavy atom. The second kappa shape index (κ2) is 7.77. The molecule has 128 valence electrons. The molecule has 2 rings (SSSR count). The van der Waals surface area contributed by atoms with Crippen LogP contribution >= 0.6 is 11.3 Å². The summed E-state index contributed by atoms with van der Waals surface area (Å²) in [5.41, 5.74) is 6.39. The fourth-order valence-corrected chi connectivity index (χ4v) is 4.02. The highest BCUT2D eigenvalue weighted by Crippen LogP contribution is 2.23. The first-order chi connectivity index (χ1) is 10.9. The molecule has 1 aliphatic rings. The number of rotatable bonds is 5. The van der Waals surface area contributed by atoms with Crippen LogP contribution in [-0.2, 0) is 16.1 Å². The normalized spacial score (nSPS) is 21.7. The van der Waals surface area contributed by atoms with E-state index in [4.69, 9.17) is 5.73 Å². The molecule has 0 aromatic carbocycles. The number of aryl methyl sites for hydroxylation is 1. The summed E-state index contributed by atoms with van der Waals surface area (Å²) < 4.78 is 1.64. The summed E-state index contributed by atoms with van der Waals surface area (Å²) in [5.74, 6) is -0.745. The summed E-state index contributed by atoms with van der Waals surface area (Å²) in [7, 11) is 0. The van der Waals surface area contributed by atoms with Crippen molar-refractivity contribution in [1.29, 1.82) is 0 Å². The quantitative estimate of drug-likeness (QED) is 0.795. The first-order valence-corrected chi connectivity index (χ1v) is 8.97. The number of thiazole rings is 1. The number of carbonyl (C=O) groups is 2. The molecule has 1 aromatic rings. The maximum Gasteiger partial charge on any atom is 0.307 e. The maximum atomic E-state index is 12.2. The molecule has 1 heterocycles. The van der Waals surface area contributed by atoms with Gasteiger partial charge >= 0.3 is 4.87 Å². The van der Waals surface area contributed by atoms with Crippen LogP contribution in [-0.4, -0.2) is 22.4 Å². The Balaban J connectivity index is 1.95. The third-order valence-corrected chi connectivity index (χ3v) is 5.66. The Hall–Kier alpha value is -1.63. The lowest BCUT2D eigenvalue weighted by Crippen LogP contribution is -2.45. The number of hydrogen-bond donors (Lipinski definition) is 2. The van der Waals surface area contributed by atoms with Crippen molar-refractivity contribution in [1.82, 2.24) is 9.88 Å². The van der Waals surface area contributed by atoms with Crippen molar-refractivity contribution in [3.05, 3.63) is 20.2 Å². The lowest BCUT2D eigenvalue weighted by molar-refractivity contribution is -0.125. The van der Waals surface area contributed by atoms with E-state index in [1.54, 1.807) is 4.57 Å². The number of carbonyl (C=O) groups excluding carboxylic acids is 2. The average molecular weight is 339 g/mol. The number of primary amides is 1. The van der Waals surface area contributed by atoms with E-state index in [2.05, 4.69) is 5.32 Å². The fraction of sp³-hybridized carbons (Fsp3) is 0.688. The Morgan fingerprint density at radius 3 is 2.57 bits per heavy atom. The molecule has 23 heavy (non-hydrogen) atoms. The van der Waals surface area contributed by atoms with E-state index in [1.807, 2.05) is 13.8 Å². The summed E-state index contributed by atoms with van der Waals surface area (Å²) in [6.07, 6.45) is 4.80. The number of aromatic nitrogens is 1. The summed E-state index contributed by atoms with van der Waals surface area (Å²) in [4.78, 5) is 36.6. The van der Waals surface area contributed by atoms with E-state index in [0.29, 0.717) is 6.54 Å². The van der Waals surface area contributed by atoms with Crippen molar-refractivity contribution in [2.75, 3.05) is 0 Å². The first kappa shape index (κ1) is 17.7. The van der Waals surface area contributed by atoms with Gasteiger partial charge < -0.3 is 15.6 Å². The van der Waals surface area contributed by atoms with Gasteiger partial charge in [0.15, 0.2) is 0 Å². The minimum atomic E-state index is -0.335. The number of nitrogens with one attached hydrogen (secondary N) is 1. The fourth-order valence-electron chi connectivity index (χ4n) is 3.16. The van der Waals surface area contributed by atoms with Gasteiger partial charge in [-0.1, -0.05) is 30.6 Å². The zero-order chi connectivity index (χ0) is 17.0. The van der Waals surface area contributed by atoms with Crippen LogP contribution in [0.2, 0.25) is 0 Å². The maximum absolute atomic E-state index is 12.2. The van der Waals surface area contributed by atoms with E-state index in [0.717, 1.165) is 42.7 Å². The second-order valence-electron chi connectivity index (χ2n) is 6.23. The summed E-state index contributed by atoms with van der Waals surface area (Å²) in [6, 6.07) is -0.176. The van der Waals surface area contributed by atoms with E-state index in [9.17, 15) is 14.4 Å². The predicted octanol–water partition coefficient (Wildman–Crippen LogP) is 1.47. The topological polar surface area (TPSA) is 94.2 Å². The third kappa shape index (κ3) is 4.43. The van der Waals surface area contributed by atoms with Crippen LogP contribution < -0.4 is 15.9 Å². The van der Waals surface area contributed by atoms with E-state index < -0.39 is 0 Å². The molecule has 1 saturated carbocycles. The van der Waals surface area contributed by atoms with Gasteiger partial charge in [-0.05, 0) is 26.7 Å². The largest absolute Gasteiger partial charge is 0.369 e. The minimum Gasteiger partial charge on any atom is -0.369 e. The van der Waals surface area contributed by atoms with E-state index >= 15 is 0 Å². The highest BCUT2D eigenvalue weighted by molar-refractivity contribution is 7.09. The van der Waals surface area contributed by atoms with Gasteiger partial charge in [0.2, 0.25) is 11.8 Å². The van der Waals surface area contributed by atoms with Crippen molar-refractivity contribution >= 4 is 23.2 Å². The summed E-state index contributed by atoms with van der Waals surface area (Å²) in [5, 5.41) is 2.95. The smallest absolute Gasteiger partial charge is 0.307 e. The van der Waals surface area contributed by atoms with Gasteiger partial charge in [-0.25, -0.2) is 0 Å². The second-order valence-corrected chi connectivity index (χ2v) is 7.40. The number of nitrogens with two attached hydrogens (primary N) is 1. The summed E-state index contributed by atoms with van der Waals surface area (Å²) in [6.45, 7) is 4.16. The Labute approximate surface area is 140 Å². The van der Waals surface area contributed by atoms with Gasteiger partial charge in [0.1, 0.15) is 0 Å². The molecule has 1 aromatic heterocycles. The number of hydrogen-bond acceptors (Lipinski definition) is 4. The first-order valence-electron chi connectivity index (χ1n) is 8.15. The molecule has 1 aliphatic carbocycles. The zero-order valence-electron chi connectivity index (χ0n) is 13.8. The number of nitrogens with zero attached hydrogens (tertiary/aromatic N) is 1. The van der Waals surface area contributed by atoms with Gasteiger partial charge in [-0.15, -0.1) is 0 Å². The molecule has 0 radical (unpaired) electrons. The Bertz CT molecular complexity index is 635. The SMILES string of the molecule is Cc1sc(=O)n(CCC(=O)NC2CCCCCC2C(N)=O)c1C. The molecule has 0 aliphatic heterocycles. The third-order valence-electron chi connectivity index (χ3n) is 4.67. The molecule has 7 heteroatoms. The van der Waals surface area contributed by atoms with Crippen LogP contribution in [0.15, 0.2) is 4.79 Å². The molecule has 3 N–H and O–H groups in total. The van der Waals surface area contributed by atoms with Crippen LogP contribution in [0.5, 0.6) is 0 Å².